The average Bonchev–Trinajstić information content (AvgIpc) is 2.91. The smallest absolute Gasteiger partial charge is 0.289 e. The Balaban J connectivity index is 0.00000147. The van der Waals surface area contributed by atoms with E-state index in [1.165, 1.54) is 12.8 Å². The maximum atomic E-state index is 12.5. The number of nitrogens with zero attached hydrogens (tertiary/aromatic N) is 1. The second kappa shape index (κ2) is 6.19. The van der Waals surface area contributed by atoms with Crippen LogP contribution in [-0.4, -0.2) is 36.0 Å². The van der Waals surface area contributed by atoms with Crippen molar-refractivity contribution in [1.29, 1.82) is 0 Å². The molecule has 2 atom stereocenters. The molecule has 2 aliphatic heterocycles. The number of carbonyl (C=O) groups is 1. The minimum absolute atomic E-state index is 0. The van der Waals surface area contributed by atoms with Crippen molar-refractivity contribution in [2.24, 2.45) is 0 Å². The van der Waals surface area contributed by atoms with Gasteiger partial charge >= 0.3 is 0 Å². The third-order valence-electron chi connectivity index (χ3n) is 4.36. The molecule has 1 aromatic rings. The minimum atomic E-state index is 0. The topological polar surface area (TPSA) is 45.5 Å². The molecule has 4 nitrogen and oxygen atoms in total. The number of aryl methyl sites for hydroxylation is 2. The first-order valence-electron chi connectivity index (χ1n) is 7.32. The molecule has 0 radical (unpaired) electrons. The van der Waals surface area contributed by atoms with Gasteiger partial charge in [-0.2, -0.15) is 0 Å². The predicted molar refractivity (Wildman–Crippen MR) is 80.5 cm³/mol. The quantitative estimate of drug-likeness (QED) is 0.912. The molecular weight excluding hydrogens is 276 g/mol. The number of fused-ring (bicyclic) bond motifs is 2. The van der Waals surface area contributed by atoms with Crippen LogP contribution in [0.4, 0.5) is 0 Å². The number of rotatable bonds is 2. The number of carbonyl (C=O) groups excluding carboxylic acids is 1. The summed E-state index contributed by atoms with van der Waals surface area (Å²) in [7, 11) is 0. The molecule has 1 aromatic heterocycles. The van der Waals surface area contributed by atoms with Crippen LogP contribution in [0.25, 0.3) is 0 Å². The summed E-state index contributed by atoms with van der Waals surface area (Å²) in [6.07, 6.45) is 4.34. The zero-order chi connectivity index (χ0) is 13.4. The van der Waals surface area contributed by atoms with Gasteiger partial charge in [0.2, 0.25) is 0 Å². The molecule has 0 aromatic carbocycles. The monoisotopic (exact) mass is 298 g/mol. The highest BCUT2D eigenvalue weighted by atomic mass is 35.5. The van der Waals surface area contributed by atoms with Crippen LogP contribution in [-0.2, 0) is 6.42 Å². The number of likely N-dealkylation sites (tertiary alicyclic amines) is 1. The molecule has 20 heavy (non-hydrogen) atoms. The summed E-state index contributed by atoms with van der Waals surface area (Å²) in [6.45, 7) is 5.71. The Morgan fingerprint density at radius 1 is 1.40 bits per heavy atom. The number of furan rings is 1. The van der Waals surface area contributed by atoms with E-state index in [0.29, 0.717) is 17.8 Å². The average molecular weight is 299 g/mol. The van der Waals surface area contributed by atoms with Crippen LogP contribution in [0.3, 0.4) is 0 Å². The Morgan fingerprint density at radius 3 is 2.85 bits per heavy atom. The number of nitrogens with one attached hydrogen (secondary N) is 1. The van der Waals surface area contributed by atoms with E-state index in [4.69, 9.17) is 4.42 Å². The SMILES string of the molecule is CCc1oc(C(=O)N2CCC3CCC(C2)N3)cc1C.Cl. The van der Waals surface area contributed by atoms with Gasteiger partial charge in [-0.15, -0.1) is 12.4 Å². The molecular formula is C15H23ClN2O2. The summed E-state index contributed by atoms with van der Waals surface area (Å²) in [4.78, 5) is 14.5. The van der Waals surface area contributed by atoms with Gasteiger partial charge in [-0.25, -0.2) is 0 Å². The zero-order valence-electron chi connectivity index (χ0n) is 12.1. The van der Waals surface area contributed by atoms with Gasteiger partial charge in [-0.1, -0.05) is 6.92 Å². The van der Waals surface area contributed by atoms with E-state index in [-0.39, 0.29) is 18.3 Å². The third kappa shape index (κ3) is 2.86. The van der Waals surface area contributed by atoms with Crippen LogP contribution in [0.2, 0.25) is 0 Å². The lowest BCUT2D eigenvalue weighted by Gasteiger charge is -2.23. The number of hydrogen-bond donors (Lipinski definition) is 1. The van der Waals surface area contributed by atoms with Crippen molar-refractivity contribution >= 4 is 18.3 Å². The van der Waals surface area contributed by atoms with E-state index in [9.17, 15) is 4.79 Å². The van der Waals surface area contributed by atoms with Crippen molar-refractivity contribution in [1.82, 2.24) is 10.2 Å². The molecule has 2 aliphatic rings. The predicted octanol–water partition coefficient (Wildman–Crippen LogP) is 2.54. The van der Waals surface area contributed by atoms with Gasteiger partial charge in [0, 0.05) is 31.6 Å². The van der Waals surface area contributed by atoms with Crippen LogP contribution < -0.4 is 5.32 Å². The molecule has 3 rings (SSSR count). The molecule has 5 heteroatoms. The van der Waals surface area contributed by atoms with Gasteiger partial charge in [0.25, 0.3) is 5.91 Å². The molecule has 0 aliphatic carbocycles. The normalized spacial score (nSPS) is 25.2. The number of hydrogen-bond acceptors (Lipinski definition) is 3. The highest BCUT2D eigenvalue weighted by molar-refractivity contribution is 5.91. The maximum Gasteiger partial charge on any atom is 0.289 e. The van der Waals surface area contributed by atoms with E-state index >= 15 is 0 Å². The lowest BCUT2D eigenvalue weighted by molar-refractivity contribution is 0.0714. The zero-order valence-corrected chi connectivity index (χ0v) is 13.0. The number of halogens is 1. The van der Waals surface area contributed by atoms with Gasteiger partial charge in [0.15, 0.2) is 5.76 Å². The fourth-order valence-electron chi connectivity index (χ4n) is 3.26. The molecule has 112 valence electrons. The molecule has 3 heterocycles. The lowest BCUT2D eigenvalue weighted by atomic mass is 10.1. The molecule has 2 saturated heterocycles. The summed E-state index contributed by atoms with van der Waals surface area (Å²) >= 11 is 0. The van der Waals surface area contributed by atoms with Crippen molar-refractivity contribution in [3.63, 3.8) is 0 Å². The fraction of sp³-hybridized carbons (Fsp3) is 0.667. The number of amides is 1. The van der Waals surface area contributed by atoms with Crippen LogP contribution >= 0.6 is 12.4 Å². The molecule has 0 spiro atoms. The second-order valence-electron chi connectivity index (χ2n) is 5.75. The molecule has 0 saturated carbocycles. The van der Waals surface area contributed by atoms with Crippen LogP contribution in [0.15, 0.2) is 10.5 Å². The fourth-order valence-corrected chi connectivity index (χ4v) is 3.26. The Morgan fingerprint density at radius 2 is 2.15 bits per heavy atom. The summed E-state index contributed by atoms with van der Waals surface area (Å²) < 4.78 is 5.69. The highest BCUT2D eigenvalue weighted by Gasteiger charge is 2.32. The lowest BCUT2D eigenvalue weighted by Crippen LogP contribution is -2.38. The van der Waals surface area contributed by atoms with Crippen LogP contribution in [0.5, 0.6) is 0 Å². The summed E-state index contributed by atoms with van der Waals surface area (Å²) in [6, 6.07) is 2.96. The van der Waals surface area contributed by atoms with E-state index < -0.39 is 0 Å². The molecule has 2 bridgehead atoms. The van der Waals surface area contributed by atoms with Crippen LogP contribution in [0, 0.1) is 6.92 Å². The maximum absolute atomic E-state index is 12.5. The molecule has 2 fully saturated rings. The van der Waals surface area contributed by atoms with Crippen LogP contribution in [0.1, 0.15) is 48.1 Å². The summed E-state index contributed by atoms with van der Waals surface area (Å²) in [5.41, 5.74) is 1.08. The summed E-state index contributed by atoms with van der Waals surface area (Å²) in [5.74, 6) is 1.49. The van der Waals surface area contributed by atoms with E-state index in [2.05, 4.69) is 12.2 Å². The van der Waals surface area contributed by atoms with Gasteiger partial charge < -0.3 is 14.6 Å². The molecule has 1 N–H and O–H groups in total. The van der Waals surface area contributed by atoms with Crippen molar-refractivity contribution in [2.45, 2.75) is 51.6 Å². The Labute approximate surface area is 126 Å². The van der Waals surface area contributed by atoms with Crippen molar-refractivity contribution in [3.8, 4) is 0 Å². The van der Waals surface area contributed by atoms with E-state index in [0.717, 1.165) is 37.3 Å². The van der Waals surface area contributed by atoms with E-state index in [1.54, 1.807) is 0 Å². The van der Waals surface area contributed by atoms with Gasteiger partial charge in [-0.3, -0.25) is 4.79 Å². The molecule has 2 unspecified atom stereocenters. The Bertz CT molecular complexity index is 486. The Kier molecular flexibility index (Phi) is 4.76. The first kappa shape index (κ1) is 15.4. The second-order valence-corrected chi connectivity index (χ2v) is 5.75. The third-order valence-corrected chi connectivity index (χ3v) is 4.36. The standard InChI is InChI=1S/C15H22N2O2.ClH/c1-3-13-10(2)8-14(19-13)15(18)17-7-6-11-4-5-12(9-17)16-11;/h8,11-12,16H,3-7,9H2,1-2H3;1H. The van der Waals surface area contributed by atoms with Crippen molar-refractivity contribution in [3.05, 3.63) is 23.2 Å². The molecule has 1 amide bonds. The first-order chi connectivity index (χ1) is 9.17. The van der Waals surface area contributed by atoms with Gasteiger partial charge in [0.05, 0.1) is 0 Å². The van der Waals surface area contributed by atoms with Crippen molar-refractivity contribution in [2.75, 3.05) is 13.1 Å². The minimum Gasteiger partial charge on any atom is -0.456 e. The van der Waals surface area contributed by atoms with Crippen molar-refractivity contribution < 1.29 is 9.21 Å². The van der Waals surface area contributed by atoms with Gasteiger partial charge in [0.1, 0.15) is 5.76 Å². The highest BCUT2D eigenvalue weighted by Crippen LogP contribution is 2.23. The Hall–Kier alpha value is -1.00. The largest absolute Gasteiger partial charge is 0.456 e. The summed E-state index contributed by atoms with van der Waals surface area (Å²) in [5, 5.41) is 3.59. The van der Waals surface area contributed by atoms with Gasteiger partial charge in [-0.05, 0) is 37.8 Å². The van der Waals surface area contributed by atoms with E-state index in [1.807, 2.05) is 17.9 Å². The first-order valence-corrected chi connectivity index (χ1v) is 7.32.